The molecule has 1 heterocycles. The van der Waals surface area contributed by atoms with E-state index in [1.54, 1.807) is 31.2 Å². The Labute approximate surface area is 193 Å². The number of nitrogens with zero attached hydrogens (tertiary/aromatic N) is 2. The van der Waals surface area contributed by atoms with Gasteiger partial charge in [0, 0.05) is 32.6 Å². The summed E-state index contributed by atoms with van der Waals surface area (Å²) in [6.07, 6.45) is 1.66. The minimum Gasteiger partial charge on any atom is -0.493 e. The molecule has 2 aromatic carbocycles. The number of hydrogen-bond donors (Lipinski definition) is 2. The van der Waals surface area contributed by atoms with E-state index in [-0.39, 0.29) is 24.9 Å². The van der Waals surface area contributed by atoms with E-state index >= 15 is 0 Å². The van der Waals surface area contributed by atoms with E-state index in [0.29, 0.717) is 29.6 Å². The van der Waals surface area contributed by atoms with Crippen LogP contribution in [-0.2, 0) is 11.3 Å². The zero-order valence-electron chi connectivity index (χ0n) is 19.0. The lowest BCUT2D eigenvalue weighted by molar-refractivity contribution is -0.116. The van der Waals surface area contributed by atoms with Crippen molar-refractivity contribution in [3.05, 3.63) is 78.0 Å². The van der Waals surface area contributed by atoms with Gasteiger partial charge in [0.2, 0.25) is 11.8 Å². The first-order chi connectivity index (χ1) is 15.9. The Morgan fingerprint density at radius 3 is 2.52 bits per heavy atom. The van der Waals surface area contributed by atoms with Crippen LogP contribution in [0.15, 0.2) is 66.9 Å². The molecule has 0 atom stereocenters. The first-order valence-electron chi connectivity index (χ1n) is 10.6. The fraction of sp³-hybridized carbons (Fsp3) is 0.240. The normalized spacial score (nSPS) is 10.3. The van der Waals surface area contributed by atoms with Crippen LogP contribution in [0.2, 0.25) is 0 Å². The predicted octanol–water partition coefficient (Wildman–Crippen LogP) is 4.36. The summed E-state index contributed by atoms with van der Waals surface area (Å²) in [5.41, 5.74) is 2.63. The van der Waals surface area contributed by atoms with Gasteiger partial charge in [-0.25, -0.2) is 9.78 Å². The quantitative estimate of drug-likeness (QED) is 0.507. The average molecular weight is 449 g/mol. The largest absolute Gasteiger partial charge is 0.493 e. The molecule has 0 spiro atoms. The lowest BCUT2D eigenvalue weighted by Crippen LogP contribution is -2.38. The number of carbonyl (C=O) groups is 2. The fourth-order valence-corrected chi connectivity index (χ4v) is 3.06. The van der Waals surface area contributed by atoms with E-state index in [1.807, 2.05) is 55.5 Å². The molecule has 3 aromatic rings. The van der Waals surface area contributed by atoms with Crippen LogP contribution in [0.25, 0.3) is 0 Å². The summed E-state index contributed by atoms with van der Waals surface area (Å²) in [6.45, 7) is 2.69. The average Bonchev–Trinajstić information content (AvgIpc) is 2.82. The second-order valence-electron chi connectivity index (χ2n) is 7.51. The minimum atomic E-state index is -0.235. The SMILES string of the molecule is COc1cc(C)ccc1Oc1ccc(NC(=O)CCNC(=O)N(C)Cc2ccccc2)cn1. The van der Waals surface area contributed by atoms with Gasteiger partial charge in [-0.3, -0.25) is 4.79 Å². The monoisotopic (exact) mass is 448 g/mol. The van der Waals surface area contributed by atoms with Crippen molar-refractivity contribution in [2.75, 3.05) is 26.0 Å². The Morgan fingerprint density at radius 1 is 1.03 bits per heavy atom. The van der Waals surface area contributed by atoms with E-state index in [0.717, 1.165) is 11.1 Å². The molecule has 0 fully saturated rings. The highest BCUT2D eigenvalue weighted by Crippen LogP contribution is 2.31. The van der Waals surface area contributed by atoms with Crippen LogP contribution in [0.5, 0.6) is 17.4 Å². The number of aryl methyl sites for hydroxylation is 1. The maximum Gasteiger partial charge on any atom is 0.317 e. The number of amides is 3. The summed E-state index contributed by atoms with van der Waals surface area (Å²) in [4.78, 5) is 30.2. The van der Waals surface area contributed by atoms with Crippen LogP contribution in [-0.4, -0.2) is 42.5 Å². The molecule has 3 amide bonds. The van der Waals surface area contributed by atoms with Gasteiger partial charge in [0.15, 0.2) is 11.5 Å². The van der Waals surface area contributed by atoms with Crippen molar-refractivity contribution in [3.63, 3.8) is 0 Å². The molecule has 0 saturated carbocycles. The van der Waals surface area contributed by atoms with E-state index in [1.165, 1.54) is 6.20 Å². The minimum absolute atomic E-state index is 0.143. The molecule has 3 rings (SSSR count). The van der Waals surface area contributed by atoms with Gasteiger partial charge < -0.3 is 25.0 Å². The number of anilines is 1. The van der Waals surface area contributed by atoms with Crippen LogP contribution in [0.1, 0.15) is 17.5 Å². The Bertz CT molecular complexity index is 1070. The van der Waals surface area contributed by atoms with Gasteiger partial charge in [0.25, 0.3) is 0 Å². The molecular weight excluding hydrogens is 420 g/mol. The number of benzene rings is 2. The summed E-state index contributed by atoms with van der Waals surface area (Å²) in [7, 11) is 3.29. The van der Waals surface area contributed by atoms with Crippen molar-refractivity contribution >= 4 is 17.6 Å². The number of carbonyl (C=O) groups excluding carboxylic acids is 2. The third-order valence-corrected chi connectivity index (χ3v) is 4.79. The molecule has 0 aliphatic carbocycles. The van der Waals surface area contributed by atoms with Crippen molar-refractivity contribution < 1.29 is 19.1 Å². The number of nitrogens with one attached hydrogen (secondary N) is 2. The molecule has 0 radical (unpaired) electrons. The molecule has 172 valence electrons. The van der Waals surface area contributed by atoms with Gasteiger partial charge in [-0.2, -0.15) is 0 Å². The number of ether oxygens (including phenoxy) is 2. The zero-order valence-corrected chi connectivity index (χ0v) is 19.0. The van der Waals surface area contributed by atoms with Crippen LogP contribution >= 0.6 is 0 Å². The number of rotatable bonds is 9. The molecule has 8 heteroatoms. The molecular formula is C25H28N4O4. The Morgan fingerprint density at radius 2 is 1.82 bits per heavy atom. The third-order valence-electron chi connectivity index (χ3n) is 4.79. The van der Waals surface area contributed by atoms with E-state index in [2.05, 4.69) is 15.6 Å². The summed E-state index contributed by atoms with van der Waals surface area (Å²) in [6, 6.07) is 18.4. The lowest BCUT2D eigenvalue weighted by atomic mass is 10.2. The maximum atomic E-state index is 12.2. The molecule has 1 aromatic heterocycles. The summed E-state index contributed by atoms with van der Waals surface area (Å²) in [5, 5.41) is 5.51. The Balaban J connectivity index is 1.43. The first kappa shape index (κ1) is 23.6. The number of hydrogen-bond acceptors (Lipinski definition) is 5. The van der Waals surface area contributed by atoms with Crippen LogP contribution in [0.3, 0.4) is 0 Å². The van der Waals surface area contributed by atoms with Gasteiger partial charge in [0.05, 0.1) is 19.0 Å². The standard InChI is InChI=1S/C25H28N4O4/c1-18-9-11-21(22(15-18)32-3)33-24-12-10-20(16-27-24)28-23(30)13-14-26-25(31)29(2)17-19-7-5-4-6-8-19/h4-12,15-16H,13-14,17H2,1-3H3,(H,26,31)(H,28,30). The van der Waals surface area contributed by atoms with Crippen molar-refractivity contribution in [1.82, 2.24) is 15.2 Å². The molecule has 0 unspecified atom stereocenters. The number of pyridine rings is 1. The van der Waals surface area contributed by atoms with E-state index in [4.69, 9.17) is 9.47 Å². The molecule has 0 aliphatic heterocycles. The van der Waals surface area contributed by atoms with Gasteiger partial charge in [-0.05, 0) is 36.2 Å². The zero-order chi connectivity index (χ0) is 23.6. The number of urea groups is 1. The van der Waals surface area contributed by atoms with E-state index in [9.17, 15) is 9.59 Å². The van der Waals surface area contributed by atoms with Crippen LogP contribution in [0.4, 0.5) is 10.5 Å². The maximum absolute atomic E-state index is 12.2. The summed E-state index contributed by atoms with van der Waals surface area (Å²) >= 11 is 0. The van der Waals surface area contributed by atoms with Crippen LogP contribution < -0.4 is 20.1 Å². The van der Waals surface area contributed by atoms with Gasteiger partial charge >= 0.3 is 6.03 Å². The molecule has 0 bridgehead atoms. The Hall–Kier alpha value is -4.07. The number of aromatic nitrogens is 1. The second kappa shape index (κ2) is 11.5. The van der Waals surface area contributed by atoms with Gasteiger partial charge in [0.1, 0.15) is 0 Å². The Kier molecular flexibility index (Phi) is 8.24. The van der Waals surface area contributed by atoms with Gasteiger partial charge in [-0.1, -0.05) is 36.4 Å². The molecule has 0 aliphatic rings. The highest BCUT2D eigenvalue weighted by molar-refractivity contribution is 5.91. The molecule has 33 heavy (non-hydrogen) atoms. The molecule has 0 saturated heterocycles. The summed E-state index contributed by atoms with van der Waals surface area (Å²) in [5.74, 6) is 1.33. The van der Waals surface area contributed by atoms with Crippen molar-refractivity contribution in [3.8, 4) is 17.4 Å². The third kappa shape index (κ3) is 7.24. The summed E-state index contributed by atoms with van der Waals surface area (Å²) < 4.78 is 11.1. The predicted molar refractivity (Wildman–Crippen MR) is 127 cm³/mol. The molecule has 8 nitrogen and oxygen atoms in total. The van der Waals surface area contributed by atoms with Crippen molar-refractivity contribution in [1.29, 1.82) is 0 Å². The lowest BCUT2D eigenvalue weighted by Gasteiger charge is -2.18. The second-order valence-corrected chi connectivity index (χ2v) is 7.51. The fourth-order valence-electron chi connectivity index (χ4n) is 3.06. The van der Waals surface area contributed by atoms with Crippen molar-refractivity contribution in [2.45, 2.75) is 19.9 Å². The number of methoxy groups -OCH3 is 1. The smallest absolute Gasteiger partial charge is 0.317 e. The van der Waals surface area contributed by atoms with E-state index < -0.39 is 0 Å². The highest BCUT2D eigenvalue weighted by Gasteiger charge is 2.11. The van der Waals surface area contributed by atoms with Crippen LogP contribution in [0, 0.1) is 6.92 Å². The van der Waals surface area contributed by atoms with Crippen molar-refractivity contribution in [2.24, 2.45) is 0 Å². The first-order valence-corrected chi connectivity index (χ1v) is 10.6. The highest BCUT2D eigenvalue weighted by atomic mass is 16.5. The van der Waals surface area contributed by atoms with Gasteiger partial charge in [-0.15, -0.1) is 0 Å². The topological polar surface area (TPSA) is 92.8 Å². The molecule has 2 N–H and O–H groups in total.